The molecule has 1 saturated carbocycles. The first-order valence-electron chi connectivity index (χ1n) is 5.74. The minimum Gasteiger partial charge on any atom is -0.321 e. The molecule has 0 aromatic heterocycles. The molecular formula is C14H21N. The molecule has 0 radical (unpaired) electrons. The molecule has 2 atom stereocenters. The monoisotopic (exact) mass is 203 g/mol. The molecule has 15 heavy (non-hydrogen) atoms. The molecule has 1 aromatic carbocycles. The lowest BCUT2D eigenvalue weighted by molar-refractivity contribution is 0.588. The summed E-state index contributed by atoms with van der Waals surface area (Å²) in [5.41, 5.74) is 9.14. The number of rotatable bonds is 1. The number of benzene rings is 1. The third-order valence-electron chi connectivity index (χ3n) is 3.65. The van der Waals surface area contributed by atoms with Gasteiger partial charge >= 0.3 is 0 Å². The highest BCUT2D eigenvalue weighted by atomic mass is 14.8. The van der Waals surface area contributed by atoms with Crippen LogP contribution in [-0.4, -0.2) is 0 Å². The Kier molecular flexibility index (Phi) is 2.20. The highest BCUT2D eigenvalue weighted by molar-refractivity contribution is 5.35. The number of hydrogen-bond acceptors (Lipinski definition) is 1. The summed E-state index contributed by atoms with van der Waals surface area (Å²) in [6.45, 7) is 8.93. The Morgan fingerprint density at radius 1 is 1.20 bits per heavy atom. The van der Waals surface area contributed by atoms with E-state index >= 15 is 0 Å². The molecule has 1 aliphatic rings. The predicted molar refractivity (Wildman–Crippen MR) is 64.8 cm³/mol. The van der Waals surface area contributed by atoms with Crippen LogP contribution >= 0.6 is 0 Å². The van der Waals surface area contributed by atoms with Crippen molar-refractivity contribution >= 4 is 0 Å². The fourth-order valence-electron chi connectivity index (χ4n) is 2.13. The SMILES string of the molecule is C[C@@H]1C[C@]1(N)c1ccc(C(C)(C)C)cc1. The first-order valence-corrected chi connectivity index (χ1v) is 5.74. The van der Waals surface area contributed by atoms with E-state index in [-0.39, 0.29) is 11.0 Å². The fraction of sp³-hybridized carbons (Fsp3) is 0.571. The van der Waals surface area contributed by atoms with Crippen LogP contribution in [0.4, 0.5) is 0 Å². The Morgan fingerprint density at radius 2 is 1.67 bits per heavy atom. The van der Waals surface area contributed by atoms with Crippen molar-refractivity contribution in [3.8, 4) is 0 Å². The van der Waals surface area contributed by atoms with Gasteiger partial charge in [-0.05, 0) is 28.9 Å². The predicted octanol–water partition coefficient (Wildman–Crippen LogP) is 3.18. The van der Waals surface area contributed by atoms with E-state index < -0.39 is 0 Å². The van der Waals surface area contributed by atoms with Gasteiger partial charge in [-0.1, -0.05) is 52.0 Å². The molecule has 0 amide bonds. The van der Waals surface area contributed by atoms with Crippen LogP contribution < -0.4 is 5.73 Å². The van der Waals surface area contributed by atoms with Gasteiger partial charge in [-0.15, -0.1) is 0 Å². The molecule has 0 bridgehead atoms. The van der Waals surface area contributed by atoms with E-state index in [1.165, 1.54) is 11.1 Å². The van der Waals surface area contributed by atoms with Crippen molar-refractivity contribution < 1.29 is 0 Å². The Morgan fingerprint density at radius 3 is 2.00 bits per heavy atom. The van der Waals surface area contributed by atoms with Gasteiger partial charge in [0.25, 0.3) is 0 Å². The van der Waals surface area contributed by atoms with Crippen LogP contribution in [0.5, 0.6) is 0 Å². The van der Waals surface area contributed by atoms with E-state index in [2.05, 4.69) is 52.0 Å². The molecule has 2 rings (SSSR count). The van der Waals surface area contributed by atoms with Crippen molar-refractivity contribution in [2.45, 2.75) is 45.1 Å². The van der Waals surface area contributed by atoms with Crippen molar-refractivity contribution in [1.29, 1.82) is 0 Å². The summed E-state index contributed by atoms with van der Waals surface area (Å²) in [4.78, 5) is 0. The van der Waals surface area contributed by atoms with E-state index in [1.807, 2.05) is 0 Å². The van der Waals surface area contributed by atoms with Crippen LogP contribution in [0.1, 0.15) is 45.2 Å². The van der Waals surface area contributed by atoms with Crippen LogP contribution in [0.25, 0.3) is 0 Å². The lowest BCUT2D eigenvalue weighted by Gasteiger charge is -2.20. The van der Waals surface area contributed by atoms with Crippen molar-refractivity contribution in [1.82, 2.24) is 0 Å². The normalized spacial score (nSPS) is 30.3. The molecular weight excluding hydrogens is 182 g/mol. The Balaban J connectivity index is 2.26. The van der Waals surface area contributed by atoms with Crippen molar-refractivity contribution in [2.24, 2.45) is 11.7 Å². The minimum absolute atomic E-state index is 0.0313. The molecule has 0 unspecified atom stereocenters. The second-order valence-electron chi connectivity index (χ2n) is 5.97. The summed E-state index contributed by atoms with van der Waals surface area (Å²) in [5.74, 6) is 0.637. The second-order valence-corrected chi connectivity index (χ2v) is 5.97. The van der Waals surface area contributed by atoms with Crippen LogP contribution in [0.2, 0.25) is 0 Å². The molecule has 0 heterocycles. The van der Waals surface area contributed by atoms with Gasteiger partial charge in [0.1, 0.15) is 0 Å². The quantitative estimate of drug-likeness (QED) is 0.745. The average Bonchev–Trinajstić information content (AvgIpc) is 2.75. The van der Waals surface area contributed by atoms with Crippen LogP contribution in [-0.2, 0) is 11.0 Å². The molecule has 0 spiro atoms. The summed E-state index contributed by atoms with van der Waals surface area (Å²) in [5, 5.41) is 0. The highest BCUT2D eigenvalue weighted by Crippen LogP contribution is 2.49. The van der Waals surface area contributed by atoms with E-state index in [4.69, 9.17) is 5.73 Å². The molecule has 1 aliphatic carbocycles. The maximum atomic E-state index is 6.27. The lowest BCUT2D eigenvalue weighted by Crippen LogP contribution is -2.21. The van der Waals surface area contributed by atoms with Crippen molar-refractivity contribution in [2.75, 3.05) is 0 Å². The zero-order chi connectivity index (χ0) is 11.3. The van der Waals surface area contributed by atoms with Crippen molar-refractivity contribution in [3.05, 3.63) is 35.4 Å². The Labute approximate surface area is 92.7 Å². The summed E-state index contributed by atoms with van der Waals surface area (Å²) in [6.07, 6.45) is 1.13. The average molecular weight is 203 g/mol. The highest BCUT2D eigenvalue weighted by Gasteiger charge is 2.48. The van der Waals surface area contributed by atoms with Gasteiger partial charge in [0.2, 0.25) is 0 Å². The van der Waals surface area contributed by atoms with Crippen LogP contribution in [0, 0.1) is 5.92 Å². The largest absolute Gasteiger partial charge is 0.321 e. The molecule has 82 valence electrons. The summed E-state index contributed by atoms with van der Waals surface area (Å²) < 4.78 is 0. The lowest BCUT2D eigenvalue weighted by atomic mass is 9.86. The fourth-order valence-corrected chi connectivity index (χ4v) is 2.13. The van der Waals surface area contributed by atoms with E-state index in [0.29, 0.717) is 5.92 Å². The third-order valence-corrected chi connectivity index (χ3v) is 3.65. The zero-order valence-electron chi connectivity index (χ0n) is 10.2. The Hall–Kier alpha value is -0.820. The van der Waals surface area contributed by atoms with Crippen molar-refractivity contribution in [3.63, 3.8) is 0 Å². The number of hydrogen-bond donors (Lipinski definition) is 1. The molecule has 2 N–H and O–H groups in total. The standard InChI is InChI=1S/C14H21N/c1-10-9-14(10,15)12-7-5-11(6-8-12)13(2,3)4/h5-8,10H,9,15H2,1-4H3/t10-,14-/m1/s1. The van der Waals surface area contributed by atoms with Gasteiger partial charge in [-0.3, -0.25) is 0 Å². The summed E-state index contributed by atoms with van der Waals surface area (Å²) in [7, 11) is 0. The minimum atomic E-state index is -0.0313. The third kappa shape index (κ3) is 1.81. The second kappa shape index (κ2) is 3.08. The van der Waals surface area contributed by atoms with Gasteiger partial charge in [0.05, 0.1) is 0 Å². The van der Waals surface area contributed by atoms with Gasteiger partial charge in [-0.25, -0.2) is 0 Å². The van der Waals surface area contributed by atoms with Crippen LogP contribution in [0.15, 0.2) is 24.3 Å². The van der Waals surface area contributed by atoms with Gasteiger partial charge in [-0.2, -0.15) is 0 Å². The molecule has 1 heteroatoms. The van der Waals surface area contributed by atoms with Gasteiger partial charge in [0, 0.05) is 5.54 Å². The first kappa shape index (κ1) is 10.7. The van der Waals surface area contributed by atoms with E-state index in [9.17, 15) is 0 Å². The zero-order valence-corrected chi connectivity index (χ0v) is 10.2. The molecule has 0 saturated heterocycles. The van der Waals surface area contributed by atoms with Crippen LogP contribution in [0.3, 0.4) is 0 Å². The molecule has 0 aliphatic heterocycles. The van der Waals surface area contributed by atoms with Gasteiger partial charge < -0.3 is 5.73 Å². The van der Waals surface area contributed by atoms with E-state index in [1.54, 1.807) is 0 Å². The Bertz CT molecular complexity index is 358. The summed E-state index contributed by atoms with van der Waals surface area (Å²) in [6, 6.07) is 8.83. The van der Waals surface area contributed by atoms with E-state index in [0.717, 1.165) is 6.42 Å². The molecule has 1 fully saturated rings. The topological polar surface area (TPSA) is 26.0 Å². The maximum absolute atomic E-state index is 6.27. The van der Waals surface area contributed by atoms with Gasteiger partial charge in [0.15, 0.2) is 0 Å². The smallest absolute Gasteiger partial charge is 0.0439 e. The molecule has 1 nitrogen and oxygen atoms in total. The molecule has 1 aromatic rings. The maximum Gasteiger partial charge on any atom is 0.0439 e. The summed E-state index contributed by atoms with van der Waals surface area (Å²) >= 11 is 0. The number of nitrogens with two attached hydrogens (primary N) is 1. The first-order chi connectivity index (χ1) is 6.84.